The Morgan fingerprint density at radius 3 is 2.69 bits per heavy atom. The molecule has 0 unspecified atom stereocenters. The molecule has 2 heterocycles. The van der Waals surface area contributed by atoms with Crippen molar-refractivity contribution in [2.24, 2.45) is 0 Å². The van der Waals surface area contributed by atoms with Crippen LogP contribution < -0.4 is 5.32 Å². The second-order valence-electron chi connectivity index (χ2n) is 6.92. The average molecular weight is 448 g/mol. The first kappa shape index (κ1) is 18.3. The molecule has 1 aliphatic rings. The van der Waals surface area contributed by atoms with Crippen LogP contribution in [0.1, 0.15) is 43.0 Å². The lowest BCUT2D eigenvalue weighted by molar-refractivity contribution is 0.700. The van der Waals surface area contributed by atoms with E-state index in [2.05, 4.69) is 59.4 Å². The van der Waals surface area contributed by atoms with Crippen molar-refractivity contribution < 1.29 is 0 Å². The maximum atomic E-state index is 4.92. The number of hydrogen-bond acceptors (Lipinski definition) is 5. The summed E-state index contributed by atoms with van der Waals surface area (Å²) in [6, 6.07) is 8.77. The lowest BCUT2D eigenvalue weighted by Gasteiger charge is -2.15. The Morgan fingerprint density at radius 1 is 1.15 bits per heavy atom. The molecule has 2 aromatic heterocycles. The number of nitrogens with zero attached hydrogens (tertiary/aromatic N) is 2. The van der Waals surface area contributed by atoms with E-state index in [-0.39, 0.29) is 0 Å². The molecule has 3 aromatic rings. The van der Waals surface area contributed by atoms with Gasteiger partial charge in [0.15, 0.2) is 0 Å². The Balaban J connectivity index is 1.67. The summed E-state index contributed by atoms with van der Waals surface area (Å²) >= 11 is 7.14. The highest BCUT2D eigenvalue weighted by atomic mass is 79.9. The number of aromatic nitrogens is 2. The van der Waals surface area contributed by atoms with Crippen LogP contribution in [0.2, 0.25) is 0 Å². The fourth-order valence-electron chi connectivity index (χ4n) is 3.32. The standard InChI is InChI=1S/C20H22BrN3S2/c1-12(2)22-19-18-15-5-3-4-6-16(15)26-20(18)24-17(23-19)11-25-14-9-7-13(21)8-10-14/h7-10,12H,3-6,11H2,1-2H3,(H,22,23,24). The van der Waals surface area contributed by atoms with Crippen molar-refractivity contribution in [1.82, 2.24) is 9.97 Å². The van der Waals surface area contributed by atoms with Crippen molar-refractivity contribution in [2.45, 2.75) is 56.2 Å². The van der Waals surface area contributed by atoms with Crippen molar-refractivity contribution in [3.05, 3.63) is 45.0 Å². The zero-order valence-corrected chi connectivity index (χ0v) is 18.2. The second-order valence-corrected chi connectivity index (χ2v) is 9.97. The molecular formula is C20H22BrN3S2. The van der Waals surface area contributed by atoms with Crippen LogP contribution >= 0.6 is 39.0 Å². The van der Waals surface area contributed by atoms with Gasteiger partial charge in [-0.2, -0.15) is 0 Å². The van der Waals surface area contributed by atoms with Crippen molar-refractivity contribution in [3.63, 3.8) is 0 Å². The van der Waals surface area contributed by atoms with Gasteiger partial charge in [0, 0.05) is 20.3 Å². The van der Waals surface area contributed by atoms with E-state index in [9.17, 15) is 0 Å². The van der Waals surface area contributed by atoms with E-state index < -0.39 is 0 Å². The van der Waals surface area contributed by atoms with E-state index >= 15 is 0 Å². The number of anilines is 1. The van der Waals surface area contributed by atoms with Crippen LogP contribution in [0.25, 0.3) is 10.2 Å². The van der Waals surface area contributed by atoms with Crippen molar-refractivity contribution in [3.8, 4) is 0 Å². The third kappa shape index (κ3) is 3.92. The summed E-state index contributed by atoms with van der Waals surface area (Å²) in [5.74, 6) is 2.72. The van der Waals surface area contributed by atoms with Gasteiger partial charge in [0.05, 0.1) is 11.1 Å². The Hall–Kier alpha value is -1.11. The van der Waals surface area contributed by atoms with Crippen LogP contribution in [-0.4, -0.2) is 16.0 Å². The molecule has 0 atom stereocenters. The first-order valence-electron chi connectivity index (χ1n) is 9.06. The molecule has 3 nitrogen and oxygen atoms in total. The number of nitrogens with one attached hydrogen (secondary N) is 1. The van der Waals surface area contributed by atoms with E-state index in [0.717, 1.165) is 26.7 Å². The Morgan fingerprint density at radius 2 is 1.92 bits per heavy atom. The molecule has 136 valence electrons. The number of rotatable bonds is 5. The molecule has 0 radical (unpaired) electrons. The molecule has 0 saturated carbocycles. The number of hydrogen-bond donors (Lipinski definition) is 1. The third-order valence-corrected chi connectivity index (χ3v) is 7.19. The molecule has 1 N–H and O–H groups in total. The predicted molar refractivity (Wildman–Crippen MR) is 117 cm³/mol. The maximum Gasteiger partial charge on any atom is 0.142 e. The molecule has 4 rings (SSSR count). The highest BCUT2D eigenvalue weighted by Crippen LogP contribution is 2.39. The largest absolute Gasteiger partial charge is 0.367 e. The zero-order chi connectivity index (χ0) is 18.1. The van der Waals surface area contributed by atoms with Crippen molar-refractivity contribution in [2.75, 3.05) is 5.32 Å². The predicted octanol–water partition coefficient (Wildman–Crippen LogP) is 6.45. The van der Waals surface area contributed by atoms with E-state index in [1.165, 1.54) is 46.4 Å². The minimum absolute atomic E-state index is 0.360. The second kappa shape index (κ2) is 7.87. The van der Waals surface area contributed by atoms with Crippen LogP contribution in [0.4, 0.5) is 5.82 Å². The van der Waals surface area contributed by atoms with Crippen LogP contribution in [0.5, 0.6) is 0 Å². The average Bonchev–Trinajstić information content (AvgIpc) is 2.99. The van der Waals surface area contributed by atoms with E-state index in [1.807, 2.05) is 11.3 Å². The molecule has 0 fully saturated rings. The number of benzene rings is 1. The Bertz CT molecular complexity index is 919. The molecular weight excluding hydrogens is 426 g/mol. The topological polar surface area (TPSA) is 37.8 Å². The van der Waals surface area contributed by atoms with Gasteiger partial charge >= 0.3 is 0 Å². The molecule has 0 bridgehead atoms. The first-order chi connectivity index (χ1) is 12.6. The monoisotopic (exact) mass is 447 g/mol. The lowest BCUT2D eigenvalue weighted by atomic mass is 9.97. The van der Waals surface area contributed by atoms with Crippen LogP contribution in [0, 0.1) is 0 Å². The van der Waals surface area contributed by atoms with E-state index in [0.29, 0.717) is 6.04 Å². The van der Waals surface area contributed by atoms with Gasteiger partial charge in [-0.25, -0.2) is 9.97 Å². The van der Waals surface area contributed by atoms with Crippen LogP contribution in [0.3, 0.4) is 0 Å². The van der Waals surface area contributed by atoms with Gasteiger partial charge in [0.1, 0.15) is 16.5 Å². The van der Waals surface area contributed by atoms with Crippen molar-refractivity contribution in [1.29, 1.82) is 0 Å². The van der Waals surface area contributed by atoms with Crippen LogP contribution in [-0.2, 0) is 18.6 Å². The summed E-state index contributed by atoms with van der Waals surface area (Å²) in [6.07, 6.45) is 4.94. The molecule has 0 amide bonds. The number of thiophene rings is 1. The van der Waals surface area contributed by atoms with Gasteiger partial charge in [-0.05, 0) is 69.4 Å². The maximum absolute atomic E-state index is 4.92. The third-order valence-electron chi connectivity index (χ3n) is 4.47. The Labute approximate surface area is 171 Å². The summed E-state index contributed by atoms with van der Waals surface area (Å²) < 4.78 is 1.10. The fourth-order valence-corrected chi connectivity index (χ4v) is 5.62. The number of aryl methyl sites for hydroxylation is 2. The zero-order valence-electron chi connectivity index (χ0n) is 15.0. The fraction of sp³-hybridized carbons (Fsp3) is 0.400. The van der Waals surface area contributed by atoms with Gasteiger partial charge in [-0.3, -0.25) is 0 Å². The van der Waals surface area contributed by atoms with Gasteiger partial charge < -0.3 is 5.32 Å². The van der Waals surface area contributed by atoms with E-state index in [4.69, 9.17) is 9.97 Å². The Kier molecular flexibility index (Phi) is 5.53. The van der Waals surface area contributed by atoms with Gasteiger partial charge in [-0.1, -0.05) is 15.9 Å². The summed E-state index contributed by atoms with van der Waals surface area (Å²) in [5, 5.41) is 4.84. The molecule has 1 aliphatic carbocycles. The van der Waals surface area contributed by atoms with Crippen LogP contribution in [0.15, 0.2) is 33.6 Å². The number of halogens is 1. The number of fused-ring (bicyclic) bond motifs is 3. The van der Waals surface area contributed by atoms with E-state index in [1.54, 1.807) is 11.8 Å². The number of thioether (sulfide) groups is 1. The lowest BCUT2D eigenvalue weighted by Crippen LogP contribution is -2.13. The minimum Gasteiger partial charge on any atom is -0.367 e. The molecule has 0 aliphatic heterocycles. The summed E-state index contributed by atoms with van der Waals surface area (Å²) in [5.41, 5.74) is 1.49. The first-order valence-corrected chi connectivity index (χ1v) is 11.7. The van der Waals surface area contributed by atoms with Gasteiger partial charge in [-0.15, -0.1) is 23.1 Å². The smallest absolute Gasteiger partial charge is 0.142 e. The molecule has 0 saturated heterocycles. The minimum atomic E-state index is 0.360. The molecule has 6 heteroatoms. The van der Waals surface area contributed by atoms with Crippen molar-refractivity contribution >= 4 is 55.1 Å². The highest BCUT2D eigenvalue weighted by Gasteiger charge is 2.21. The SMILES string of the molecule is CC(C)Nc1nc(CSc2ccc(Br)cc2)nc2sc3c(c12)CCCC3. The van der Waals surface area contributed by atoms with Gasteiger partial charge in [0.2, 0.25) is 0 Å². The van der Waals surface area contributed by atoms with Gasteiger partial charge in [0.25, 0.3) is 0 Å². The highest BCUT2D eigenvalue weighted by molar-refractivity contribution is 9.10. The summed E-state index contributed by atoms with van der Waals surface area (Å²) in [4.78, 5) is 13.7. The summed E-state index contributed by atoms with van der Waals surface area (Å²) in [7, 11) is 0. The molecule has 1 aromatic carbocycles. The molecule has 26 heavy (non-hydrogen) atoms. The molecule has 0 spiro atoms. The summed E-state index contributed by atoms with van der Waals surface area (Å²) in [6.45, 7) is 4.34. The quantitative estimate of drug-likeness (QED) is 0.456. The normalized spacial score (nSPS) is 14.0.